The minimum Gasteiger partial charge on any atom is -0.325 e. The van der Waals surface area contributed by atoms with E-state index in [4.69, 9.17) is 16.9 Å². The summed E-state index contributed by atoms with van der Waals surface area (Å²) in [4.78, 5) is 14.4. The van der Waals surface area contributed by atoms with E-state index in [0.717, 1.165) is 18.4 Å². The summed E-state index contributed by atoms with van der Waals surface area (Å²) in [5, 5.41) is 12.0. The number of anilines is 1. The quantitative estimate of drug-likeness (QED) is 0.851. The molecule has 0 atom stereocenters. The maximum Gasteiger partial charge on any atom is 0.238 e. The highest BCUT2D eigenvalue weighted by Gasteiger charge is 2.30. The average Bonchev–Trinajstić information content (AvgIpc) is 3.41. The summed E-state index contributed by atoms with van der Waals surface area (Å²) in [6.45, 7) is 0.853. The number of nitrogens with zero attached hydrogens (tertiary/aromatic N) is 2. The van der Waals surface area contributed by atoms with Crippen molar-refractivity contribution in [3.05, 3.63) is 64.4 Å². The van der Waals surface area contributed by atoms with Crippen LogP contribution in [0.5, 0.6) is 0 Å². The van der Waals surface area contributed by atoms with Gasteiger partial charge in [0.15, 0.2) is 0 Å². The SMILES string of the molecule is N#Cc1ccc(NC(=O)CN(Cc2ccc(F)cc2)C2CC2)cc1Cl. The van der Waals surface area contributed by atoms with Crippen LogP contribution in [0.2, 0.25) is 5.02 Å². The summed E-state index contributed by atoms with van der Waals surface area (Å²) in [6.07, 6.45) is 2.13. The van der Waals surface area contributed by atoms with Crippen LogP contribution < -0.4 is 5.32 Å². The molecule has 0 aliphatic heterocycles. The highest BCUT2D eigenvalue weighted by atomic mass is 35.5. The molecule has 0 heterocycles. The lowest BCUT2D eigenvalue weighted by molar-refractivity contribution is -0.117. The lowest BCUT2D eigenvalue weighted by Crippen LogP contribution is -2.34. The second-order valence-electron chi connectivity index (χ2n) is 6.12. The largest absolute Gasteiger partial charge is 0.325 e. The Balaban J connectivity index is 1.62. The molecule has 2 aromatic carbocycles. The maximum absolute atomic E-state index is 13.0. The molecule has 2 aromatic rings. The molecule has 128 valence electrons. The van der Waals surface area contributed by atoms with Crippen LogP contribution in [0.3, 0.4) is 0 Å². The van der Waals surface area contributed by atoms with Gasteiger partial charge in [-0.15, -0.1) is 0 Å². The fourth-order valence-electron chi connectivity index (χ4n) is 2.65. The summed E-state index contributed by atoms with van der Waals surface area (Å²) in [7, 11) is 0. The highest BCUT2D eigenvalue weighted by Crippen LogP contribution is 2.28. The van der Waals surface area contributed by atoms with Crippen LogP contribution in [0, 0.1) is 17.1 Å². The van der Waals surface area contributed by atoms with Crippen LogP contribution in [0.4, 0.5) is 10.1 Å². The van der Waals surface area contributed by atoms with Crippen molar-refractivity contribution in [1.82, 2.24) is 4.90 Å². The van der Waals surface area contributed by atoms with E-state index in [-0.39, 0.29) is 18.3 Å². The van der Waals surface area contributed by atoms with E-state index in [9.17, 15) is 9.18 Å². The van der Waals surface area contributed by atoms with E-state index >= 15 is 0 Å². The minimum atomic E-state index is -0.267. The number of carbonyl (C=O) groups is 1. The van der Waals surface area contributed by atoms with Gasteiger partial charge in [0.25, 0.3) is 0 Å². The lowest BCUT2D eigenvalue weighted by atomic mass is 10.2. The van der Waals surface area contributed by atoms with Crippen LogP contribution in [0.25, 0.3) is 0 Å². The van der Waals surface area contributed by atoms with E-state index in [2.05, 4.69) is 10.2 Å². The van der Waals surface area contributed by atoms with Gasteiger partial charge in [0.05, 0.1) is 17.1 Å². The van der Waals surface area contributed by atoms with Crippen molar-refractivity contribution < 1.29 is 9.18 Å². The molecule has 0 aromatic heterocycles. The fraction of sp³-hybridized carbons (Fsp3) is 0.263. The van der Waals surface area contributed by atoms with Crippen LogP contribution in [0.1, 0.15) is 24.0 Å². The molecule has 4 nitrogen and oxygen atoms in total. The second-order valence-corrected chi connectivity index (χ2v) is 6.52. The number of benzene rings is 2. The molecule has 0 radical (unpaired) electrons. The standard InChI is InChI=1S/C19H17ClFN3O/c20-18-9-16(6-3-14(18)10-22)23-19(25)12-24(17-7-8-17)11-13-1-4-15(21)5-2-13/h1-6,9,17H,7-8,11-12H2,(H,23,25). The molecule has 1 saturated carbocycles. The number of halogens is 2. The Morgan fingerprint density at radius 2 is 2.00 bits per heavy atom. The van der Waals surface area contributed by atoms with Crippen molar-refractivity contribution in [1.29, 1.82) is 5.26 Å². The molecule has 1 N–H and O–H groups in total. The van der Waals surface area contributed by atoms with Crippen molar-refractivity contribution in [3.8, 4) is 6.07 Å². The van der Waals surface area contributed by atoms with Gasteiger partial charge in [-0.3, -0.25) is 9.69 Å². The van der Waals surface area contributed by atoms with Gasteiger partial charge >= 0.3 is 0 Å². The van der Waals surface area contributed by atoms with Crippen molar-refractivity contribution in [2.24, 2.45) is 0 Å². The van der Waals surface area contributed by atoms with Crippen molar-refractivity contribution in [2.75, 3.05) is 11.9 Å². The van der Waals surface area contributed by atoms with Crippen LogP contribution in [-0.2, 0) is 11.3 Å². The summed E-state index contributed by atoms with van der Waals surface area (Å²) in [5.74, 6) is -0.410. The Morgan fingerprint density at radius 3 is 2.60 bits per heavy atom. The number of carbonyl (C=O) groups excluding carboxylic acids is 1. The molecule has 25 heavy (non-hydrogen) atoms. The molecular weight excluding hydrogens is 341 g/mol. The van der Waals surface area contributed by atoms with E-state index in [1.54, 1.807) is 30.3 Å². The topological polar surface area (TPSA) is 56.1 Å². The van der Waals surface area contributed by atoms with Gasteiger partial charge in [0.1, 0.15) is 11.9 Å². The number of hydrogen-bond acceptors (Lipinski definition) is 3. The summed E-state index contributed by atoms with van der Waals surface area (Å²) in [6, 6.07) is 13.5. The zero-order valence-corrected chi connectivity index (χ0v) is 14.3. The Hall–Kier alpha value is -2.42. The number of amides is 1. The summed E-state index contributed by atoms with van der Waals surface area (Å²) >= 11 is 5.98. The predicted molar refractivity (Wildman–Crippen MR) is 94.6 cm³/mol. The first-order valence-corrected chi connectivity index (χ1v) is 8.41. The number of rotatable bonds is 6. The zero-order chi connectivity index (χ0) is 17.8. The van der Waals surface area contributed by atoms with Crippen LogP contribution in [-0.4, -0.2) is 23.4 Å². The lowest BCUT2D eigenvalue weighted by Gasteiger charge is -2.21. The van der Waals surface area contributed by atoms with Gasteiger partial charge in [-0.25, -0.2) is 4.39 Å². The molecule has 0 saturated heterocycles. The van der Waals surface area contributed by atoms with Crippen LogP contribution >= 0.6 is 11.6 Å². The summed E-state index contributed by atoms with van der Waals surface area (Å²) in [5.41, 5.74) is 1.91. The van der Waals surface area contributed by atoms with Crippen molar-refractivity contribution >= 4 is 23.2 Å². The van der Waals surface area contributed by atoms with Gasteiger partial charge in [-0.2, -0.15) is 5.26 Å². The number of hydrogen-bond donors (Lipinski definition) is 1. The molecule has 1 amide bonds. The Kier molecular flexibility index (Phi) is 5.32. The fourth-order valence-corrected chi connectivity index (χ4v) is 2.87. The van der Waals surface area contributed by atoms with Gasteiger partial charge in [0.2, 0.25) is 5.91 Å². The predicted octanol–water partition coefficient (Wildman–Crippen LogP) is 3.95. The summed E-state index contributed by atoms with van der Waals surface area (Å²) < 4.78 is 13.0. The zero-order valence-electron chi connectivity index (χ0n) is 13.5. The van der Waals surface area contributed by atoms with Gasteiger partial charge < -0.3 is 5.32 Å². The Bertz CT molecular complexity index is 812. The third kappa shape index (κ3) is 4.79. The maximum atomic E-state index is 13.0. The Labute approximate surface area is 150 Å². The molecule has 0 unspecified atom stereocenters. The molecule has 0 bridgehead atoms. The average molecular weight is 358 g/mol. The smallest absolute Gasteiger partial charge is 0.238 e. The number of nitriles is 1. The normalized spacial score (nSPS) is 13.5. The molecule has 1 aliphatic carbocycles. The second kappa shape index (κ2) is 7.64. The van der Waals surface area contributed by atoms with Gasteiger partial charge in [0, 0.05) is 18.3 Å². The monoisotopic (exact) mass is 357 g/mol. The minimum absolute atomic E-state index is 0.144. The molecule has 1 aliphatic rings. The third-order valence-corrected chi connectivity index (χ3v) is 4.39. The first-order chi connectivity index (χ1) is 12.0. The van der Waals surface area contributed by atoms with Crippen molar-refractivity contribution in [2.45, 2.75) is 25.4 Å². The van der Waals surface area contributed by atoms with E-state index in [1.165, 1.54) is 12.1 Å². The first kappa shape index (κ1) is 17.4. The van der Waals surface area contributed by atoms with Gasteiger partial charge in [-0.05, 0) is 48.7 Å². The molecule has 0 spiro atoms. The third-order valence-electron chi connectivity index (χ3n) is 4.08. The van der Waals surface area contributed by atoms with Crippen LogP contribution in [0.15, 0.2) is 42.5 Å². The highest BCUT2D eigenvalue weighted by molar-refractivity contribution is 6.32. The van der Waals surface area contributed by atoms with Crippen molar-refractivity contribution in [3.63, 3.8) is 0 Å². The number of nitrogens with one attached hydrogen (secondary N) is 1. The molecule has 3 rings (SSSR count). The van der Waals surface area contributed by atoms with E-state index < -0.39 is 0 Å². The molecule has 6 heteroatoms. The molecular formula is C19H17ClFN3O. The van der Waals surface area contributed by atoms with E-state index in [0.29, 0.717) is 28.9 Å². The Morgan fingerprint density at radius 1 is 1.28 bits per heavy atom. The van der Waals surface area contributed by atoms with E-state index in [1.807, 2.05) is 6.07 Å². The van der Waals surface area contributed by atoms with Gasteiger partial charge in [-0.1, -0.05) is 23.7 Å². The first-order valence-electron chi connectivity index (χ1n) is 8.03. The molecule has 1 fully saturated rings.